The van der Waals surface area contributed by atoms with E-state index in [1.165, 1.54) is 25.7 Å². The van der Waals surface area contributed by atoms with Gasteiger partial charge in [-0.05, 0) is 43.4 Å². The fourth-order valence-corrected chi connectivity index (χ4v) is 3.20. The van der Waals surface area contributed by atoms with Crippen molar-refractivity contribution < 1.29 is 0 Å². The van der Waals surface area contributed by atoms with Crippen LogP contribution >= 0.6 is 11.6 Å². The fourth-order valence-electron chi connectivity index (χ4n) is 3.09. The summed E-state index contributed by atoms with van der Waals surface area (Å²) in [7, 11) is 0. The van der Waals surface area contributed by atoms with Gasteiger partial charge in [-0.25, -0.2) is 0 Å². The average molecular weight is 267 g/mol. The predicted octanol–water partition coefficient (Wildman–Crippen LogP) is 4.21. The van der Waals surface area contributed by atoms with E-state index in [0.717, 1.165) is 18.2 Å². The molecule has 1 fully saturated rings. The quantitative estimate of drug-likeness (QED) is 0.883. The minimum atomic E-state index is 0.384. The van der Waals surface area contributed by atoms with Gasteiger partial charge >= 0.3 is 0 Å². The zero-order chi connectivity index (χ0) is 13.0. The number of hydrogen-bond acceptors (Lipinski definition) is 2. The molecular formula is C15H23ClN2. The van der Waals surface area contributed by atoms with Crippen molar-refractivity contribution in [1.29, 1.82) is 0 Å². The Kier molecular flexibility index (Phi) is 5.02. The summed E-state index contributed by atoms with van der Waals surface area (Å²) in [5, 5.41) is 4.32. The smallest absolute Gasteiger partial charge is 0.0589 e. The van der Waals surface area contributed by atoms with E-state index in [1.54, 1.807) is 6.20 Å². The van der Waals surface area contributed by atoms with Gasteiger partial charge < -0.3 is 5.32 Å². The largest absolute Gasteiger partial charge is 0.309 e. The van der Waals surface area contributed by atoms with Gasteiger partial charge in [0, 0.05) is 6.20 Å². The summed E-state index contributed by atoms with van der Waals surface area (Å²) in [4.78, 5) is 4.50. The molecule has 0 spiro atoms. The van der Waals surface area contributed by atoms with Gasteiger partial charge in [-0.2, -0.15) is 0 Å². The summed E-state index contributed by atoms with van der Waals surface area (Å²) in [6.45, 7) is 5.51. The molecule has 1 heterocycles. The Labute approximate surface area is 115 Å². The number of hydrogen-bond donors (Lipinski definition) is 1. The molecule has 100 valence electrons. The summed E-state index contributed by atoms with van der Waals surface area (Å²) in [5.41, 5.74) is 1.14. The summed E-state index contributed by atoms with van der Waals surface area (Å²) in [6, 6.07) is 4.39. The molecule has 0 amide bonds. The Hall–Kier alpha value is -0.600. The number of aromatic nitrogens is 1. The molecule has 0 saturated heterocycles. The molecule has 3 unspecified atom stereocenters. The van der Waals surface area contributed by atoms with Gasteiger partial charge in [0.1, 0.15) is 0 Å². The fraction of sp³-hybridized carbons (Fsp3) is 0.667. The molecule has 1 aliphatic carbocycles. The number of pyridine rings is 1. The van der Waals surface area contributed by atoms with Crippen LogP contribution in [0.25, 0.3) is 0 Å². The second kappa shape index (κ2) is 6.53. The molecule has 0 aliphatic heterocycles. The molecule has 1 aliphatic rings. The van der Waals surface area contributed by atoms with E-state index in [9.17, 15) is 0 Å². The van der Waals surface area contributed by atoms with Crippen LogP contribution in [0, 0.1) is 11.8 Å². The molecule has 3 heteroatoms. The van der Waals surface area contributed by atoms with Crippen LogP contribution in [0.15, 0.2) is 18.3 Å². The van der Waals surface area contributed by atoms with E-state index >= 15 is 0 Å². The first-order chi connectivity index (χ1) is 8.70. The van der Waals surface area contributed by atoms with Crippen LogP contribution in [0.5, 0.6) is 0 Å². The van der Waals surface area contributed by atoms with Crippen LogP contribution in [0.4, 0.5) is 0 Å². The molecule has 1 aromatic rings. The first-order valence-electron chi connectivity index (χ1n) is 7.05. The average Bonchev–Trinajstić information content (AvgIpc) is 2.37. The number of rotatable bonds is 4. The van der Waals surface area contributed by atoms with Crippen LogP contribution in [-0.4, -0.2) is 11.5 Å². The SMILES string of the molecule is CCNC(c1ccc(Cl)cn1)C1CCCC(C)C1. The van der Waals surface area contributed by atoms with E-state index in [0.29, 0.717) is 17.0 Å². The van der Waals surface area contributed by atoms with Crippen molar-refractivity contribution in [1.82, 2.24) is 10.3 Å². The summed E-state index contributed by atoms with van der Waals surface area (Å²) < 4.78 is 0. The van der Waals surface area contributed by atoms with Crippen molar-refractivity contribution in [3.05, 3.63) is 29.0 Å². The van der Waals surface area contributed by atoms with E-state index in [2.05, 4.69) is 30.2 Å². The predicted molar refractivity (Wildman–Crippen MR) is 76.8 cm³/mol. The number of nitrogens with zero attached hydrogens (tertiary/aromatic N) is 1. The van der Waals surface area contributed by atoms with Crippen molar-refractivity contribution in [3.63, 3.8) is 0 Å². The maximum Gasteiger partial charge on any atom is 0.0589 e. The molecule has 2 nitrogen and oxygen atoms in total. The lowest BCUT2D eigenvalue weighted by atomic mass is 9.77. The molecule has 2 rings (SSSR count). The van der Waals surface area contributed by atoms with E-state index < -0.39 is 0 Å². The molecular weight excluding hydrogens is 244 g/mol. The van der Waals surface area contributed by atoms with Crippen molar-refractivity contribution >= 4 is 11.6 Å². The summed E-state index contributed by atoms with van der Waals surface area (Å²) in [6.07, 6.45) is 7.10. The standard InChI is InChI=1S/C15H23ClN2/c1-3-17-15(12-6-4-5-11(2)9-12)14-8-7-13(16)10-18-14/h7-8,10-12,15,17H,3-6,9H2,1-2H3. The lowest BCUT2D eigenvalue weighted by Gasteiger charge is -2.33. The van der Waals surface area contributed by atoms with Gasteiger partial charge in [0.15, 0.2) is 0 Å². The van der Waals surface area contributed by atoms with E-state index in [1.807, 2.05) is 6.07 Å². The highest BCUT2D eigenvalue weighted by molar-refractivity contribution is 6.30. The molecule has 1 saturated carbocycles. The molecule has 18 heavy (non-hydrogen) atoms. The zero-order valence-electron chi connectivity index (χ0n) is 11.3. The first kappa shape index (κ1) is 13.8. The lowest BCUT2D eigenvalue weighted by Crippen LogP contribution is -2.31. The van der Waals surface area contributed by atoms with Gasteiger partial charge in [-0.3, -0.25) is 4.98 Å². The molecule has 1 aromatic heterocycles. The molecule has 3 atom stereocenters. The maximum absolute atomic E-state index is 5.92. The van der Waals surface area contributed by atoms with Gasteiger partial charge in [0.2, 0.25) is 0 Å². The van der Waals surface area contributed by atoms with Crippen LogP contribution < -0.4 is 5.32 Å². The Morgan fingerprint density at radius 2 is 2.28 bits per heavy atom. The van der Waals surface area contributed by atoms with Crippen molar-refractivity contribution in [2.45, 2.75) is 45.6 Å². The van der Waals surface area contributed by atoms with Crippen molar-refractivity contribution in [3.8, 4) is 0 Å². The second-order valence-corrected chi connectivity index (χ2v) is 5.90. The molecule has 0 aromatic carbocycles. The Bertz CT molecular complexity index is 363. The molecule has 1 N–H and O–H groups in total. The Morgan fingerprint density at radius 3 is 2.89 bits per heavy atom. The first-order valence-corrected chi connectivity index (χ1v) is 7.43. The highest BCUT2D eigenvalue weighted by atomic mass is 35.5. The third-order valence-electron chi connectivity index (χ3n) is 3.94. The highest BCUT2D eigenvalue weighted by Crippen LogP contribution is 2.36. The summed E-state index contributed by atoms with van der Waals surface area (Å²) >= 11 is 5.92. The third kappa shape index (κ3) is 3.46. The van der Waals surface area contributed by atoms with Gasteiger partial charge in [0.25, 0.3) is 0 Å². The van der Waals surface area contributed by atoms with Gasteiger partial charge in [-0.15, -0.1) is 0 Å². The highest BCUT2D eigenvalue weighted by Gasteiger charge is 2.27. The molecule has 0 radical (unpaired) electrons. The van der Waals surface area contributed by atoms with E-state index in [-0.39, 0.29) is 0 Å². The van der Waals surface area contributed by atoms with Gasteiger partial charge in [0.05, 0.1) is 16.8 Å². The second-order valence-electron chi connectivity index (χ2n) is 5.47. The lowest BCUT2D eigenvalue weighted by molar-refractivity contribution is 0.222. The van der Waals surface area contributed by atoms with Crippen LogP contribution in [0.2, 0.25) is 5.02 Å². The number of nitrogens with one attached hydrogen (secondary N) is 1. The van der Waals surface area contributed by atoms with E-state index in [4.69, 9.17) is 11.6 Å². The third-order valence-corrected chi connectivity index (χ3v) is 4.16. The number of halogens is 1. The Balaban J connectivity index is 2.13. The van der Waals surface area contributed by atoms with Crippen LogP contribution in [0.3, 0.4) is 0 Å². The zero-order valence-corrected chi connectivity index (χ0v) is 12.1. The monoisotopic (exact) mass is 266 g/mol. The minimum Gasteiger partial charge on any atom is -0.309 e. The topological polar surface area (TPSA) is 24.9 Å². The van der Waals surface area contributed by atoms with Crippen molar-refractivity contribution in [2.24, 2.45) is 11.8 Å². The maximum atomic E-state index is 5.92. The van der Waals surface area contributed by atoms with Crippen LogP contribution in [0.1, 0.15) is 51.3 Å². The molecule has 0 bridgehead atoms. The minimum absolute atomic E-state index is 0.384. The van der Waals surface area contributed by atoms with Crippen molar-refractivity contribution in [2.75, 3.05) is 6.54 Å². The normalized spacial score (nSPS) is 25.9. The summed E-state index contributed by atoms with van der Waals surface area (Å²) in [5.74, 6) is 1.56. The Morgan fingerprint density at radius 1 is 1.44 bits per heavy atom. The van der Waals surface area contributed by atoms with Crippen LogP contribution in [-0.2, 0) is 0 Å². The van der Waals surface area contributed by atoms with Gasteiger partial charge in [-0.1, -0.05) is 38.3 Å².